The number of rotatable bonds is 67. The van der Waals surface area contributed by atoms with Gasteiger partial charge in [-0.15, -0.1) is 0 Å². The molecule has 19 heteroatoms. The molecule has 17 unspecified atom stereocenters. The van der Waals surface area contributed by atoms with Crippen LogP contribution in [-0.2, 0) is 33.2 Å². The van der Waals surface area contributed by atoms with E-state index in [1.54, 1.807) is 6.08 Å². The lowest BCUT2D eigenvalue weighted by Gasteiger charge is -2.48. The Kier molecular flexibility index (Phi) is 58.1. The summed E-state index contributed by atoms with van der Waals surface area (Å²) >= 11 is 0. The summed E-state index contributed by atoms with van der Waals surface area (Å²) < 4.78 is 34.5. The summed E-state index contributed by atoms with van der Waals surface area (Å²) in [5, 5.41) is 121. The Labute approximate surface area is 612 Å². The lowest BCUT2D eigenvalue weighted by atomic mass is 9.96. The molecule has 3 aliphatic heterocycles. The molecule has 3 aliphatic rings. The van der Waals surface area contributed by atoms with E-state index in [2.05, 4.69) is 43.5 Å². The predicted octanol–water partition coefficient (Wildman–Crippen LogP) is 14.3. The number of hydrogen-bond donors (Lipinski definition) is 12. The van der Waals surface area contributed by atoms with Gasteiger partial charge in [0, 0.05) is 6.42 Å². The summed E-state index contributed by atoms with van der Waals surface area (Å²) in [4.78, 5) is 13.5. The number of ether oxygens (including phenoxy) is 6. The van der Waals surface area contributed by atoms with Crippen molar-refractivity contribution in [3.05, 3.63) is 36.5 Å². The molecule has 3 saturated heterocycles. The first-order chi connectivity index (χ1) is 49.3. The van der Waals surface area contributed by atoms with Gasteiger partial charge < -0.3 is 89.9 Å². The van der Waals surface area contributed by atoms with Crippen LogP contribution < -0.4 is 5.32 Å². The molecule has 0 aromatic carbocycles. The molecule has 0 bridgehead atoms. The molecule has 1 amide bonds. The average molecular weight is 1440 g/mol. The van der Waals surface area contributed by atoms with Crippen molar-refractivity contribution in [1.82, 2.24) is 5.32 Å². The first-order valence-electron chi connectivity index (χ1n) is 41.7. The van der Waals surface area contributed by atoms with Crippen LogP contribution in [0.25, 0.3) is 0 Å². The predicted molar refractivity (Wildman–Crippen MR) is 402 cm³/mol. The van der Waals surface area contributed by atoms with Gasteiger partial charge in [-0.2, -0.15) is 0 Å². The van der Waals surface area contributed by atoms with E-state index >= 15 is 0 Å². The van der Waals surface area contributed by atoms with Crippen molar-refractivity contribution in [2.45, 2.75) is 452 Å². The van der Waals surface area contributed by atoms with Gasteiger partial charge >= 0.3 is 0 Å². The van der Waals surface area contributed by atoms with Gasteiger partial charge in [-0.05, 0) is 51.4 Å². The Morgan fingerprint density at radius 2 is 0.653 bits per heavy atom. The zero-order valence-electron chi connectivity index (χ0n) is 63.7. The third-order valence-corrected chi connectivity index (χ3v) is 20.9. The zero-order chi connectivity index (χ0) is 73.2. The number of aliphatic hydroxyl groups is 11. The molecule has 0 saturated carbocycles. The first kappa shape index (κ1) is 93.2. The molecule has 3 fully saturated rings. The molecule has 0 aliphatic carbocycles. The van der Waals surface area contributed by atoms with Crippen LogP contribution in [0.4, 0.5) is 0 Å². The second-order valence-corrected chi connectivity index (χ2v) is 29.9. The number of carbonyl (C=O) groups excluding carboxylic acids is 1. The van der Waals surface area contributed by atoms with Crippen molar-refractivity contribution < 1.29 is 89.4 Å². The Hall–Kier alpha value is -1.99. The molecular weight excluding hydrogens is 1290 g/mol. The third kappa shape index (κ3) is 43.0. The SMILES string of the molecule is CCCCCCC/C=C\C/C=C\CCCCCCCCCCCCCCCCCCCC(=O)NC(COC1OC(CO)C(OC2OC(CO)C(OC3OC(CO)C(O)C(O)C3O)C(O)C2O)C(O)C1O)C(O)/C=C/CCCCCCCCCCCCCCCCCCCCCCCCCCC. The molecule has 3 heterocycles. The van der Waals surface area contributed by atoms with E-state index in [-0.39, 0.29) is 18.9 Å². The minimum absolute atomic E-state index is 0.246. The van der Waals surface area contributed by atoms with Crippen molar-refractivity contribution >= 4 is 5.91 Å². The van der Waals surface area contributed by atoms with E-state index in [0.29, 0.717) is 6.42 Å². The molecule has 0 radical (unpaired) electrons. The Morgan fingerprint density at radius 3 is 1.01 bits per heavy atom. The molecule has 594 valence electrons. The highest BCUT2D eigenvalue weighted by Crippen LogP contribution is 2.33. The minimum Gasteiger partial charge on any atom is -0.394 e. The highest BCUT2D eigenvalue weighted by Gasteiger charge is 2.54. The molecule has 101 heavy (non-hydrogen) atoms. The molecule has 12 N–H and O–H groups in total. The fraction of sp³-hybridized carbons (Fsp3) is 0.915. The highest BCUT2D eigenvalue weighted by molar-refractivity contribution is 5.76. The van der Waals surface area contributed by atoms with Gasteiger partial charge in [-0.25, -0.2) is 0 Å². The van der Waals surface area contributed by atoms with E-state index < -0.39 is 124 Å². The van der Waals surface area contributed by atoms with Crippen LogP contribution in [0.15, 0.2) is 36.5 Å². The number of aliphatic hydroxyl groups excluding tert-OH is 11. The number of amides is 1. The fourth-order valence-corrected chi connectivity index (χ4v) is 14.2. The molecule has 17 atom stereocenters. The van der Waals surface area contributed by atoms with Crippen LogP contribution in [0.3, 0.4) is 0 Å². The van der Waals surface area contributed by atoms with Crippen molar-refractivity contribution in [2.24, 2.45) is 0 Å². The van der Waals surface area contributed by atoms with Crippen LogP contribution in [-0.4, -0.2) is 193 Å². The average Bonchev–Trinajstić information content (AvgIpc) is 0.796. The van der Waals surface area contributed by atoms with Gasteiger partial charge in [0.25, 0.3) is 0 Å². The summed E-state index contributed by atoms with van der Waals surface area (Å²) in [5.74, 6) is -0.269. The maximum atomic E-state index is 13.5. The Balaban J connectivity index is 1.37. The largest absolute Gasteiger partial charge is 0.394 e. The van der Waals surface area contributed by atoms with Crippen LogP contribution in [0.1, 0.15) is 348 Å². The molecule has 3 rings (SSSR count). The third-order valence-electron chi connectivity index (χ3n) is 20.9. The molecule has 0 spiro atoms. The van der Waals surface area contributed by atoms with Crippen molar-refractivity contribution in [3.8, 4) is 0 Å². The molecule has 0 aromatic rings. The second-order valence-electron chi connectivity index (χ2n) is 29.9. The normalized spacial score (nSPS) is 26.4. The van der Waals surface area contributed by atoms with E-state index in [0.717, 1.165) is 51.4 Å². The van der Waals surface area contributed by atoms with E-state index in [4.69, 9.17) is 28.4 Å². The smallest absolute Gasteiger partial charge is 0.220 e. The van der Waals surface area contributed by atoms with E-state index in [1.165, 1.54) is 270 Å². The monoisotopic (exact) mass is 1440 g/mol. The van der Waals surface area contributed by atoms with Crippen LogP contribution in [0.2, 0.25) is 0 Å². The van der Waals surface area contributed by atoms with Gasteiger partial charge in [0.15, 0.2) is 18.9 Å². The van der Waals surface area contributed by atoms with Gasteiger partial charge in [-0.3, -0.25) is 4.79 Å². The summed E-state index contributed by atoms with van der Waals surface area (Å²) in [6.45, 7) is 1.78. The van der Waals surface area contributed by atoms with Crippen molar-refractivity contribution in [2.75, 3.05) is 26.4 Å². The number of allylic oxidation sites excluding steroid dienone is 5. The van der Waals surface area contributed by atoms with Gasteiger partial charge in [0.2, 0.25) is 5.91 Å². The fourth-order valence-electron chi connectivity index (χ4n) is 14.2. The highest BCUT2D eigenvalue weighted by atomic mass is 16.8. The Morgan fingerprint density at radius 1 is 0.356 bits per heavy atom. The van der Waals surface area contributed by atoms with Crippen LogP contribution >= 0.6 is 0 Å². The van der Waals surface area contributed by atoms with Crippen molar-refractivity contribution in [3.63, 3.8) is 0 Å². The van der Waals surface area contributed by atoms with Gasteiger partial charge in [0.1, 0.15) is 73.2 Å². The van der Waals surface area contributed by atoms with Crippen LogP contribution in [0, 0.1) is 0 Å². The topological polar surface area (TPSA) is 307 Å². The maximum Gasteiger partial charge on any atom is 0.220 e. The van der Waals surface area contributed by atoms with Gasteiger partial charge in [-0.1, -0.05) is 326 Å². The summed E-state index contributed by atoms with van der Waals surface area (Å²) in [6.07, 6.45) is 51.3. The maximum absolute atomic E-state index is 13.5. The number of carbonyl (C=O) groups is 1. The quantitative estimate of drug-likeness (QED) is 0.0199. The lowest BCUT2D eigenvalue weighted by molar-refractivity contribution is -0.379. The van der Waals surface area contributed by atoms with Crippen LogP contribution in [0.5, 0.6) is 0 Å². The molecular formula is C82H153NO18. The molecule has 0 aromatic heterocycles. The molecule has 19 nitrogen and oxygen atoms in total. The minimum atomic E-state index is -1.98. The zero-order valence-corrected chi connectivity index (χ0v) is 63.7. The summed E-state index contributed by atoms with van der Waals surface area (Å²) in [7, 11) is 0. The lowest BCUT2D eigenvalue weighted by Crippen LogP contribution is -2.66. The summed E-state index contributed by atoms with van der Waals surface area (Å²) in [6, 6.07) is -0.974. The van der Waals surface area contributed by atoms with E-state index in [9.17, 15) is 61.0 Å². The van der Waals surface area contributed by atoms with Crippen molar-refractivity contribution in [1.29, 1.82) is 0 Å². The standard InChI is InChI=1S/C82H153NO18/c1-3-5-7-9-11-13-15-17-19-21-23-25-27-29-31-32-34-36-38-40-42-44-46-48-50-52-54-56-58-60-70(88)83-65(66(87)59-57-55-53-51-49-47-45-43-41-39-37-35-33-30-28-26-24-22-20-18-16-14-12-10-8-6-4-2)64-96-80-76(94)73(91)78(68(62-85)98-80)101-82-77(95)74(92)79(69(63-86)99-82)100-81-75(93)72(90)71(89)67(61-84)97-81/h15,17,21,23,57,59,65-69,71-82,84-87,89-95H,3-14,16,18-20,22,24-56,58,60-64H2,1-2H3,(H,83,88)/b17-15-,23-21-,59-57+. The van der Waals surface area contributed by atoms with E-state index in [1.807, 2.05) is 6.08 Å². The number of nitrogens with one attached hydrogen (secondary N) is 1. The second kappa shape index (κ2) is 63.0. The van der Waals surface area contributed by atoms with Gasteiger partial charge in [0.05, 0.1) is 38.6 Å². The number of hydrogen-bond acceptors (Lipinski definition) is 18. The Bertz CT molecular complexity index is 1960. The number of unbranched alkanes of at least 4 members (excludes halogenated alkanes) is 47. The summed E-state index contributed by atoms with van der Waals surface area (Å²) in [5.41, 5.74) is 0. The first-order valence-corrected chi connectivity index (χ1v) is 41.7.